The molecule has 0 unspecified atom stereocenters. The van der Waals surface area contributed by atoms with Gasteiger partial charge in [-0.1, -0.05) is 30.3 Å². The summed E-state index contributed by atoms with van der Waals surface area (Å²) < 4.78 is 13.4. The van der Waals surface area contributed by atoms with Gasteiger partial charge in [0.05, 0.1) is 18.1 Å². The van der Waals surface area contributed by atoms with Crippen LogP contribution in [0.5, 0.6) is 0 Å². The lowest BCUT2D eigenvalue weighted by Gasteiger charge is -2.06. The Bertz CT molecular complexity index is 662. The fourth-order valence-corrected chi connectivity index (χ4v) is 1.83. The molecule has 0 aliphatic rings. The maximum atomic E-state index is 13.4. The van der Waals surface area contributed by atoms with E-state index < -0.39 is 0 Å². The largest absolute Gasteiger partial charge is 0.352 e. The smallest absolute Gasteiger partial charge is 0.224 e. The Kier molecular flexibility index (Phi) is 4.46. The highest BCUT2D eigenvalue weighted by atomic mass is 19.1. The predicted octanol–water partition coefficient (Wildman–Crippen LogP) is 2.56. The minimum Gasteiger partial charge on any atom is -0.352 e. The summed E-state index contributed by atoms with van der Waals surface area (Å²) in [5.74, 6) is -0.633. The van der Waals surface area contributed by atoms with Crippen molar-refractivity contribution in [3.05, 3.63) is 71.0 Å². The molecule has 0 radical (unpaired) electrons. The minimum atomic E-state index is -0.380. The van der Waals surface area contributed by atoms with Crippen LogP contribution in [-0.4, -0.2) is 5.91 Å². The molecule has 3 nitrogen and oxygen atoms in total. The maximum Gasteiger partial charge on any atom is 0.224 e. The van der Waals surface area contributed by atoms with Crippen LogP contribution >= 0.6 is 0 Å². The third-order valence-electron chi connectivity index (χ3n) is 2.85. The zero-order valence-corrected chi connectivity index (χ0v) is 10.8. The first-order chi connectivity index (χ1) is 9.69. The number of hydrogen-bond acceptors (Lipinski definition) is 2. The Morgan fingerprint density at radius 1 is 1.20 bits per heavy atom. The van der Waals surface area contributed by atoms with Crippen LogP contribution in [0, 0.1) is 17.1 Å². The van der Waals surface area contributed by atoms with Gasteiger partial charge in [0, 0.05) is 6.54 Å². The molecule has 2 aromatic rings. The van der Waals surface area contributed by atoms with E-state index in [0.717, 1.165) is 5.56 Å². The molecule has 2 rings (SSSR count). The molecule has 0 heterocycles. The maximum absolute atomic E-state index is 13.4. The van der Waals surface area contributed by atoms with Crippen molar-refractivity contribution in [3.8, 4) is 6.07 Å². The summed E-state index contributed by atoms with van der Waals surface area (Å²) in [6, 6.07) is 15.2. The van der Waals surface area contributed by atoms with Gasteiger partial charge in [0.1, 0.15) is 5.82 Å². The molecule has 0 fully saturated rings. The summed E-state index contributed by atoms with van der Waals surface area (Å²) in [5.41, 5.74) is 1.76. The van der Waals surface area contributed by atoms with Gasteiger partial charge in [-0.25, -0.2) is 4.39 Å². The number of nitrogens with one attached hydrogen (secondary N) is 1. The van der Waals surface area contributed by atoms with E-state index >= 15 is 0 Å². The van der Waals surface area contributed by atoms with Gasteiger partial charge in [-0.05, 0) is 29.3 Å². The average Bonchev–Trinajstić information content (AvgIpc) is 2.48. The molecule has 0 saturated carbocycles. The van der Waals surface area contributed by atoms with Crippen molar-refractivity contribution in [1.82, 2.24) is 5.32 Å². The summed E-state index contributed by atoms with van der Waals surface area (Å²) in [6.45, 7) is 0.322. The molecule has 0 atom stereocenters. The molecule has 20 heavy (non-hydrogen) atoms. The van der Waals surface area contributed by atoms with E-state index in [-0.39, 0.29) is 18.1 Å². The van der Waals surface area contributed by atoms with Crippen molar-refractivity contribution < 1.29 is 9.18 Å². The standard InChI is InChI=1S/C16H13FN2O/c17-15-7-2-1-6-14(15)9-16(20)19-11-13-5-3-4-12(8-13)10-18/h1-8H,9,11H2,(H,19,20). The van der Waals surface area contributed by atoms with Crippen LogP contribution in [-0.2, 0) is 17.8 Å². The van der Waals surface area contributed by atoms with Crippen LogP contribution in [0.3, 0.4) is 0 Å². The van der Waals surface area contributed by atoms with Crippen molar-refractivity contribution in [2.75, 3.05) is 0 Å². The lowest BCUT2D eigenvalue weighted by atomic mass is 10.1. The van der Waals surface area contributed by atoms with Crippen LogP contribution in [0.1, 0.15) is 16.7 Å². The Hall–Kier alpha value is -2.67. The number of benzene rings is 2. The molecule has 0 aliphatic carbocycles. The first kappa shape index (κ1) is 13.8. The Morgan fingerprint density at radius 3 is 2.75 bits per heavy atom. The number of rotatable bonds is 4. The van der Waals surface area contributed by atoms with Crippen molar-refractivity contribution in [1.29, 1.82) is 5.26 Å². The zero-order valence-electron chi connectivity index (χ0n) is 10.8. The highest BCUT2D eigenvalue weighted by molar-refractivity contribution is 5.78. The van der Waals surface area contributed by atoms with Crippen molar-refractivity contribution in [3.63, 3.8) is 0 Å². The van der Waals surface area contributed by atoms with E-state index in [0.29, 0.717) is 17.7 Å². The number of hydrogen-bond donors (Lipinski definition) is 1. The van der Waals surface area contributed by atoms with E-state index in [4.69, 9.17) is 5.26 Å². The Morgan fingerprint density at radius 2 is 2.00 bits per heavy atom. The predicted molar refractivity (Wildman–Crippen MR) is 73.1 cm³/mol. The summed E-state index contributed by atoms with van der Waals surface area (Å²) in [4.78, 5) is 11.7. The van der Waals surface area contributed by atoms with Crippen molar-refractivity contribution >= 4 is 5.91 Å². The second-order valence-electron chi connectivity index (χ2n) is 4.36. The third kappa shape index (κ3) is 3.66. The van der Waals surface area contributed by atoms with Crippen molar-refractivity contribution in [2.24, 2.45) is 0 Å². The molecule has 0 spiro atoms. The second kappa shape index (κ2) is 6.48. The lowest BCUT2D eigenvalue weighted by molar-refractivity contribution is -0.120. The van der Waals surface area contributed by atoms with Crippen LogP contribution in [0.25, 0.3) is 0 Å². The molecule has 100 valence electrons. The van der Waals surface area contributed by atoms with Gasteiger partial charge in [-0.15, -0.1) is 0 Å². The number of nitrogens with zero attached hydrogens (tertiary/aromatic N) is 1. The summed E-state index contributed by atoms with van der Waals surface area (Å²) in [5, 5.41) is 11.5. The van der Waals surface area contributed by atoms with Gasteiger partial charge < -0.3 is 5.32 Å². The van der Waals surface area contributed by atoms with Gasteiger partial charge in [-0.2, -0.15) is 5.26 Å². The summed E-state index contributed by atoms with van der Waals surface area (Å²) in [6.07, 6.45) is 0.00458. The Balaban J connectivity index is 1.93. The molecule has 1 amide bonds. The van der Waals surface area contributed by atoms with E-state index in [1.165, 1.54) is 6.07 Å². The minimum absolute atomic E-state index is 0.00458. The SMILES string of the molecule is N#Cc1cccc(CNC(=O)Cc2ccccc2F)c1. The van der Waals surface area contributed by atoms with Gasteiger partial charge in [0.15, 0.2) is 0 Å². The van der Waals surface area contributed by atoms with Gasteiger partial charge in [-0.3, -0.25) is 4.79 Å². The van der Waals surface area contributed by atoms with Crippen LogP contribution < -0.4 is 5.32 Å². The monoisotopic (exact) mass is 268 g/mol. The summed E-state index contributed by atoms with van der Waals surface area (Å²) in [7, 11) is 0. The van der Waals surface area contributed by atoms with Gasteiger partial charge in [0.25, 0.3) is 0 Å². The molecule has 0 bridgehead atoms. The first-order valence-corrected chi connectivity index (χ1v) is 6.18. The molecule has 0 saturated heterocycles. The van der Waals surface area contributed by atoms with E-state index in [1.54, 1.807) is 36.4 Å². The number of carbonyl (C=O) groups is 1. The number of halogens is 1. The molecular formula is C16H13FN2O. The topological polar surface area (TPSA) is 52.9 Å². The van der Waals surface area contributed by atoms with Gasteiger partial charge in [0.2, 0.25) is 5.91 Å². The number of nitriles is 1. The van der Waals surface area contributed by atoms with Crippen LogP contribution in [0.4, 0.5) is 4.39 Å². The average molecular weight is 268 g/mol. The van der Waals surface area contributed by atoms with Gasteiger partial charge >= 0.3 is 0 Å². The fourth-order valence-electron chi connectivity index (χ4n) is 1.83. The van der Waals surface area contributed by atoms with E-state index in [9.17, 15) is 9.18 Å². The molecular weight excluding hydrogens is 255 g/mol. The van der Waals surface area contributed by atoms with Crippen LogP contribution in [0.2, 0.25) is 0 Å². The normalized spacial score (nSPS) is 9.80. The van der Waals surface area contributed by atoms with E-state index in [2.05, 4.69) is 5.32 Å². The molecule has 0 aromatic heterocycles. The van der Waals surface area contributed by atoms with Crippen LogP contribution in [0.15, 0.2) is 48.5 Å². The number of amides is 1. The second-order valence-corrected chi connectivity index (χ2v) is 4.36. The van der Waals surface area contributed by atoms with E-state index in [1.807, 2.05) is 12.1 Å². The molecule has 1 N–H and O–H groups in total. The quantitative estimate of drug-likeness (QED) is 0.926. The Labute approximate surface area is 116 Å². The molecule has 2 aromatic carbocycles. The first-order valence-electron chi connectivity index (χ1n) is 6.18. The molecule has 0 aliphatic heterocycles. The highest BCUT2D eigenvalue weighted by Crippen LogP contribution is 2.07. The summed E-state index contributed by atoms with van der Waals surface area (Å²) >= 11 is 0. The zero-order chi connectivity index (χ0) is 14.4. The molecule has 4 heteroatoms. The number of carbonyl (C=O) groups excluding carboxylic acids is 1. The fraction of sp³-hybridized carbons (Fsp3) is 0.125. The highest BCUT2D eigenvalue weighted by Gasteiger charge is 2.07. The third-order valence-corrected chi connectivity index (χ3v) is 2.85. The van der Waals surface area contributed by atoms with Crippen molar-refractivity contribution in [2.45, 2.75) is 13.0 Å². The lowest BCUT2D eigenvalue weighted by Crippen LogP contribution is -2.24.